The van der Waals surface area contributed by atoms with Crippen molar-refractivity contribution in [3.63, 3.8) is 0 Å². The van der Waals surface area contributed by atoms with Crippen molar-refractivity contribution < 1.29 is 4.74 Å². The molecule has 0 aromatic rings. The van der Waals surface area contributed by atoms with Crippen LogP contribution in [0.5, 0.6) is 0 Å². The van der Waals surface area contributed by atoms with Crippen LogP contribution in [0.2, 0.25) is 0 Å². The molecule has 1 heterocycles. The van der Waals surface area contributed by atoms with Crippen molar-refractivity contribution in [1.29, 1.82) is 0 Å². The maximum atomic E-state index is 6.14. The van der Waals surface area contributed by atoms with Crippen LogP contribution in [-0.4, -0.2) is 30.3 Å². The molecule has 0 amide bonds. The molecule has 1 fully saturated rings. The van der Waals surface area contributed by atoms with Crippen LogP contribution in [0.15, 0.2) is 0 Å². The summed E-state index contributed by atoms with van der Waals surface area (Å²) < 4.78 is 5.66. The third-order valence-corrected chi connectivity index (χ3v) is 3.69. The Hall–Kier alpha value is 0.270. The molecule has 0 aliphatic carbocycles. The molecule has 3 heteroatoms. The Balaban J connectivity index is 2.31. The van der Waals surface area contributed by atoms with Gasteiger partial charge in [0.1, 0.15) is 0 Å². The van der Waals surface area contributed by atoms with Crippen molar-refractivity contribution in [2.75, 3.05) is 18.1 Å². The first-order valence-corrected chi connectivity index (χ1v) is 6.36. The lowest BCUT2D eigenvalue weighted by Gasteiger charge is -2.31. The quantitative estimate of drug-likeness (QED) is 0.758. The molecule has 0 bridgehead atoms. The predicted octanol–water partition coefficient (Wildman–Crippen LogP) is 1.88. The summed E-state index contributed by atoms with van der Waals surface area (Å²) in [4.78, 5) is 0. The van der Waals surface area contributed by atoms with Gasteiger partial charge in [-0.05, 0) is 12.3 Å². The second-order valence-electron chi connectivity index (χ2n) is 3.83. The topological polar surface area (TPSA) is 35.2 Å². The van der Waals surface area contributed by atoms with Gasteiger partial charge >= 0.3 is 0 Å². The number of rotatable bonds is 4. The molecule has 2 nitrogen and oxygen atoms in total. The highest BCUT2D eigenvalue weighted by Gasteiger charge is 2.25. The lowest BCUT2D eigenvalue weighted by Crippen LogP contribution is -2.45. The zero-order valence-corrected chi connectivity index (χ0v) is 9.48. The summed E-state index contributed by atoms with van der Waals surface area (Å²) in [6.45, 7) is 5.32. The van der Waals surface area contributed by atoms with Gasteiger partial charge in [0.25, 0.3) is 0 Å². The first kappa shape index (κ1) is 11.3. The van der Waals surface area contributed by atoms with E-state index in [0.29, 0.717) is 12.0 Å². The molecule has 0 aromatic heterocycles. The lowest BCUT2D eigenvalue weighted by molar-refractivity contribution is 0.0427. The molecule has 3 atom stereocenters. The van der Waals surface area contributed by atoms with Gasteiger partial charge in [-0.25, -0.2) is 0 Å². The minimum Gasteiger partial charge on any atom is -0.375 e. The molecule has 13 heavy (non-hydrogen) atoms. The van der Waals surface area contributed by atoms with E-state index in [4.69, 9.17) is 10.5 Å². The molecule has 3 unspecified atom stereocenters. The predicted molar refractivity (Wildman–Crippen MR) is 59.1 cm³/mol. The van der Waals surface area contributed by atoms with Gasteiger partial charge in [0.2, 0.25) is 0 Å². The van der Waals surface area contributed by atoms with Crippen molar-refractivity contribution in [1.82, 2.24) is 0 Å². The van der Waals surface area contributed by atoms with Crippen molar-refractivity contribution in [3.05, 3.63) is 0 Å². The molecular weight excluding hydrogens is 182 g/mol. The van der Waals surface area contributed by atoms with Crippen LogP contribution in [0, 0.1) is 5.92 Å². The average Bonchev–Trinajstić information content (AvgIpc) is 2.18. The second-order valence-corrected chi connectivity index (χ2v) is 4.98. The largest absolute Gasteiger partial charge is 0.375 e. The van der Waals surface area contributed by atoms with Gasteiger partial charge in [0, 0.05) is 17.5 Å². The van der Waals surface area contributed by atoms with Gasteiger partial charge in [-0.2, -0.15) is 11.8 Å². The van der Waals surface area contributed by atoms with E-state index in [-0.39, 0.29) is 6.04 Å². The SMILES string of the molecule is CCCC(C)C(N)C1CSCCO1. The van der Waals surface area contributed by atoms with E-state index in [1.54, 1.807) is 0 Å². The van der Waals surface area contributed by atoms with Crippen molar-refractivity contribution >= 4 is 11.8 Å². The molecule has 0 saturated carbocycles. The normalized spacial score (nSPS) is 28.4. The van der Waals surface area contributed by atoms with Gasteiger partial charge in [-0.15, -0.1) is 0 Å². The fourth-order valence-corrected chi connectivity index (χ4v) is 2.67. The van der Waals surface area contributed by atoms with Gasteiger partial charge in [-0.1, -0.05) is 20.3 Å². The number of ether oxygens (including phenoxy) is 1. The summed E-state index contributed by atoms with van der Waals surface area (Å²) in [7, 11) is 0. The standard InChI is InChI=1S/C10H21NOS/c1-3-4-8(2)10(11)9-7-13-6-5-12-9/h8-10H,3-7,11H2,1-2H3. The fraction of sp³-hybridized carbons (Fsp3) is 1.00. The third-order valence-electron chi connectivity index (χ3n) is 2.67. The van der Waals surface area contributed by atoms with Gasteiger partial charge in [0.15, 0.2) is 0 Å². The van der Waals surface area contributed by atoms with Crippen LogP contribution in [0.3, 0.4) is 0 Å². The van der Waals surface area contributed by atoms with Gasteiger partial charge < -0.3 is 10.5 Å². The maximum absolute atomic E-state index is 6.14. The van der Waals surface area contributed by atoms with Crippen LogP contribution in [0.1, 0.15) is 26.7 Å². The summed E-state index contributed by atoms with van der Waals surface area (Å²) >= 11 is 1.96. The highest BCUT2D eigenvalue weighted by Crippen LogP contribution is 2.20. The number of thioether (sulfide) groups is 1. The molecular formula is C10H21NOS. The Bertz CT molecular complexity index is 137. The van der Waals surface area contributed by atoms with Crippen LogP contribution >= 0.6 is 11.8 Å². The monoisotopic (exact) mass is 203 g/mol. The van der Waals surface area contributed by atoms with E-state index in [1.165, 1.54) is 12.8 Å². The molecule has 0 spiro atoms. The number of nitrogens with two attached hydrogens (primary N) is 1. The molecule has 2 N–H and O–H groups in total. The fourth-order valence-electron chi connectivity index (χ4n) is 1.74. The van der Waals surface area contributed by atoms with E-state index in [1.807, 2.05) is 11.8 Å². The average molecular weight is 203 g/mol. The smallest absolute Gasteiger partial charge is 0.0819 e. The van der Waals surface area contributed by atoms with E-state index in [9.17, 15) is 0 Å². The molecule has 0 aromatic carbocycles. The van der Waals surface area contributed by atoms with Crippen LogP contribution < -0.4 is 5.73 Å². The van der Waals surface area contributed by atoms with Crippen LogP contribution in [0.25, 0.3) is 0 Å². The highest BCUT2D eigenvalue weighted by molar-refractivity contribution is 7.99. The maximum Gasteiger partial charge on any atom is 0.0819 e. The molecule has 78 valence electrons. The lowest BCUT2D eigenvalue weighted by atomic mass is 9.94. The van der Waals surface area contributed by atoms with E-state index in [2.05, 4.69) is 13.8 Å². The van der Waals surface area contributed by atoms with E-state index in [0.717, 1.165) is 18.1 Å². The third kappa shape index (κ3) is 3.49. The minimum atomic E-state index is 0.229. The Kier molecular flexibility index (Phi) is 5.14. The van der Waals surface area contributed by atoms with E-state index < -0.39 is 0 Å². The first-order chi connectivity index (χ1) is 6.25. The minimum absolute atomic E-state index is 0.229. The van der Waals surface area contributed by atoms with Crippen molar-refractivity contribution in [2.24, 2.45) is 11.7 Å². The van der Waals surface area contributed by atoms with Crippen LogP contribution in [0.4, 0.5) is 0 Å². The molecule has 1 aliphatic heterocycles. The van der Waals surface area contributed by atoms with Gasteiger partial charge in [0.05, 0.1) is 12.7 Å². The highest BCUT2D eigenvalue weighted by atomic mass is 32.2. The second kappa shape index (κ2) is 5.89. The zero-order chi connectivity index (χ0) is 9.68. The molecule has 0 radical (unpaired) electrons. The Morgan fingerprint density at radius 2 is 2.38 bits per heavy atom. The zero-order valence-electron chi connectivity index (χ0n) is 8.66. The number of hydrogen-bond acceptors (Lipinski definition) is 3. The van der Waals surface area contributed by atoms with Crippen LogP contribution in [-0.2, 0) is 4.74 Å². The molecule has 1 aliphatic rings. The summed E-state index contributed by atoms with van der Waals surface area (Å²) in [5.41, 5.74) is 6.14. The Morgan fingerprint density at radius 3 is 2.92 bits per heavy atom. The van der Waals surface area contributed by atoms with Gasteiger partial charge in [-0.3, -0.25) is 0 Å². The summed E-state index contributed by atoms with van der Waals surface area (Å²) in [5.74, 6) is 2.80. The van der Waals surface area contributed by atoms with E-state index >= 15 is 0 Å². The molecule has 1 rings (SSSR count). The summed E-state index contributed by atoms with van der Waals surface area (Å²) in [6.07, 6.45) is 2.72. The summed E-state index contributed by atoms with van der Waals surface area (Å²) in [6, 6.07) is 0.229. The van der Waals surface area contributed by atoms with Crippen molar-refractivity contribution in [3.8, 4) is 0 Å². The Labute approximate surface area is 85.6 Å². The summed E-state index contributed by atoms with van der Waals surface area (Å²) in [5, 5.41) is 0. The molecule has 1 saturated heterocycles. The first-order valence-electron chi connectivity index (χ1n) is 5.20. The van der Waals surface area contributed by atoms with Crippen molar-refractivity contribution in [2.45, 2.75) is 38.8 Å². The number of hydrogen-bond donors (Lipinski definition) is 1. The Morgan fingerprint density at radius 1 is 1.62 bits per heavy atom.